The Morgan fingerprint density at radius 3 is 2.93 bits per heavy atom. The van der Waals surface area contributed by atoms with Gasteiger partial charge in [-0.3, -0.25) is 0 Å². The molecule has 0 saturated heterocycles. The van der Waals surface area contributed by atoms with Gasteiger partial charge in [-0.25, -0.2) is 4.98 Å². The summed E-state index contributed by atoms with van der Waals surface area (Å²) in [5.74, 6) is 0.841. The molecule has 0 aliphatic rings. The van der Waals surface area contributed by atoms with Crippen molar-refractivity contribution in [3.63, 3.8) is 0 Å². The van der Waals surface area contributed by atoms with Crippen molar-refractivity contribution in [2.75, 3.05) is 37.7 Å². The van der Waals surface area contributed by atoms with E-state index in [1.807, 2.05) is 6.07 Å². The van der Waals surface area contributed by atoms with Crippen molar-refractivity contribution >= 4 is 27.4 Å². The van der Waals surface area contributed by atoms with E-state index >= 15 is 0 Å². The number of likely N-dealkylation sites (N-methyl/N-ethyl adjacent to an activating group) is 1. The molecule has 3 N–H and O–H groups in total. The van der Waals surface area contributed by atoms with Crippen LogP contribution in [0.1, 0.15) is 6.92 Å². The molecule has 0 spiro atoms. The fourth-order valence-electron chi connectivity index (χ4n) is 1.11. The van der Waals surface area contributed by atoms with Crippen molar-refractivity contribution in [2.24, 2.45) is 0 Å². The zero-order valence-electron chi connectivity index (χ0n) is 9.13. The van der Waals surface area contributed by atoms with Crippen LogP contribution in [0, 0.1) is 0 Å². The summed E-state index contributed by atoms with van der Waals surface area (Å²) < 4.78 is 0.904. The molecule has 1 aromatic heterocycles. The number of pyridine rings is 1. The number of hydrogen-bond donors (Lipinski definition) is 2. The summed E-state index contributed by atoms with van der Waals surface area (Å²) in [5, 5.41) is 3.25. The highest BCUT2D eigenvalue weighted by atomic mass is 79.9. The summed E-state index contributed by atoms with van der Waals surface area (Å²) in [6.07, 6.45) is 1.65. The average Bonchev–Trinajstić information content (AvgIpc) is 2.21. The van der Waals surface area contributed by atoms with Gasteiger partial charge < -0.3 is 16.0 Å². The van der Waals surface area contributed by atoms with Gasteiger partial charge in [-0.2, -0.15) is 0 Å². The van der Waals surface area contributed by atoms with E-state index in [1.54, 1.807) is 6.20 Å². The molecule has 0 fully saturated rings. The summed E-state index contributed by atoms with van der Waals surface area (Å²) in [4.78, 5) is 6.43. The topological polar surface area (TPSA) is 54.2 Å². The number of aromatic nitrogens is 1. The molecule has 5 heteroatoms. The van der Waals surface area contributed by atoms with Crippen LogP contribution in [0.15, 0.2) is 16.7 Å². The Hall–Kier alpha value is -0.810. The molecular formula is C10H17BrN4. The van der Waals surface area contributed by atoms with Gasteiger partial charge >= 0.3 is 0 Å². The van der Waals surface area contributed by atoms with Gasteiger partial charge in [0.05, 0.1) is 16.4 Å². The van der Waals surface area contributed by atoms with Crippen molar-refractivity contribution < 1.29 is 0 Å². The molecule has 0 unspecified atom stereocenters. The van der Waals surface area contributed by atoms with E-state index < -0.39 is 0 Å². The fraction of sp³-hybridized carbons (Fsp3) is 0.500. The van der Waals surface area contributed by atoms with Crippen molar-refractivity contribution in [3.8, 4) is 0 Å². The predicted octanol–water partition coefficient (Wildman–Crippen LogP) is 1.79. The number of halogens is 1. The zero-order valence-corrected chi connectivity index (χ0v) is 10.7. The Balaban J connectivity index is 2.44. The Bertz CT molecular complexity index is 316. The zero-order chi connectivity index (χ0) is 11.3. The molecule has 1 aromatic rings. The summed E-state index contributed by atoms with van der Waals surface area (Å²) in [6, 6.07) is 1.85. The number of nitrogens with zero attached hydrogens (tertiary/aromatic N) is 2. The number of anilines is 2. The molecule has 0 aromatic carbocycles. The largest absolute Gasteiger partial charge is 0.397 e. The smallest absolute Gasteiger partial charge is 0.140 e. The first-order valence-electron chi connectivity index (χ1n) is 4.97. The normalized spacial score (nSPS) is 10.7. The van der Waals surface area contributed by atoms with Crippen molar-refractivity contribution in [1.82, 2.24) is 9.88 Å². The minimum absolute atomic E-state index is 0.665. The molecule has 15 heavy (non-hydrogen) atoms. The first kappa shape index (κ1) is 12.3. The molecule has 0 radical (unpaired) electrons. The lowest BCUT2D eigenvalue weighted by atomic mass is 10.4. The predicted molar refractivity (Wildman–Crippen MR) is 68.0 cm³/mol. The van der Waals surface area contributed by atoms with Gasteiger partial charge in [0, 0.05) is 13.1 Å². The molecule has 0 atom stereocenters. The molecule has 4 nitrogen and oxygen atoms in total. The van der Waals surface area contributed by atoms with Crippen molar-refractivity contribution in [1.29, 1.82) is 0 Å². The quantitative estimate of drug-likeness (QED) is 0.858. The van der Waals surface area contributed by atoms with E-state index in [0.29, 0.717) is 5.69 Å². The summed E-state index contributed by atoms with van der Waals surface area (Å²) in [5.41, 5.74) is 6.26. The first-order chi connectivity index (χ1) is 7.13. The highest BCUT2D eigenvalue weighted by Crippen LogP contribution is 2.21. The third-order valence-electron chi connectivity index (χ3n) is 2.19. The summed E-state index contributed by atoms with van der Waals surface area (Å²) >= 11 is 3.41. The standard InChI is InChI=1S/C10H17BrN4/c1-3-15(2)5-4-13-10-9(11)6-8(12)7-14-10/h6-7H,3-5,12H2,1-2H3,(H,13,14). The second-order valence-electron chi connectivity index (χ2n) is 3.42. The molecule has 0 saturated carbocycles. The molecule has 0 amide bonds. The maximum atomic E-state index is 5.60. The van der Waals surface area contributed by atoms with Crippen LogP contribution in [0.3, 0.4) is 0 Å². The second-order valence-corrected chi connectivity index (χ2v) is 4.28. The number of hydrogen-bond acceptors (Lipinski definition) is 4. The van der Waals surface area contributed by atoms with Gasteiger partial charge in [0.2, 0.25) is 0 Å². The third kappa shape index (κ3) is 4.05. The maximum Gasteiger partial charge on any atom is 0.140 e. The van der Waals surface area contributed by atoms with Gasteiger partial charge in [0.25, 0.3) is 0 Å². The van der Waals surface area contributed by atoms with Gasteiger partial charge in [0.15, 0.2) is 0 Å². The third-order valence-corrected chi connectivity index (χ3v) is 2.79. The summed E-state index contributed by atoms with van der Waals surface area (Å²) in [7, 11) is 2.09. The Labute approximate surface area is 99.0 Å². The van der Waals surface area contributed by atoms with Crippen LogP contribution in [-0.2, 0) is 0 Å². The van der Waals surface area contributed by atoms with E-state index in [0.717, 1.165) is 29.9 Å². The Kier molecular flexibility index (Phi) is 4.84. The van der Waals surface area contributed by atoms with Gasteiger partial charge in [-0.1, -0.05) is 6.92 Å². The lowest BCUT2D eigenvalue weighted by molar-refractivity contribution is 0.367. The lowest BCUT2D eigenvalue weighted by Gasteiger charge is -2.14. The average molecular weight is 273 g/mol. The van der Waals surface area contributed by atoms with Gasteiger partial charge in [-0.15, -0.1) is 0 Å². The minimum atomic E-state index is 0.665. The highest BCUT2D eigenvalue weighted by molar-refractivity contribution is 9.10. The fourth-order valence-corrected chi connectivity index (χ4v) is 1.61. The van der Waals surface area contributed by atoms with E-state index in [1.165, 1.54) is 0 Å². The molecule has 1 rings (SSSR count). The first-order valence-corrected chi connectivity index (χ1v) is 5.76. The number of nitrogens with one attached hydrogen (secondary N) is 1. The van der Waals surface area contributed by atoms with Crippen LogP contribution < -0.4 is 11.1 Å². The number of nitrogen functional groups attached to an aromatic ring is 1. The van der Waals surface area contributed by atoms with E-state index in [-0.39, 0.29) is 0 Å². The number of nitrogens with two attached hydrogens (primary N) is 1. The Morgan fingerprint density at radius 2 is 2.33 bits per heavy atom. The SMILES string of the molecule is CCN(C)CCNc1ncc(N)cc1Br. The molecule has 0 bridgehead atoms. The van der Waals surface area contributed by atoms with Crippen LogP contribution in [0.4, 0.5) is 11.5 Å². The van der Waals surface area contributed by atoms with E-state index in [2.05, 4.69) is 45.1 Å². The Morgan fingerprint density at radius 1 is 1.60 bits per heavy atom. The van der Waals surface area contributed by atoms with Crippen LogP contribution in [0.5, 0.6) is 0 Å². The van der Waals surface area contributed by atoms with Crippen LogP contribution >= 0.6 is 15.9 Å². The number of rotatable bonds is 5. The maximum absolute atomic E-state index is 5.60. The van der Waals surface area contributed by atoms with Crippen molar-refractivity contribution in [3.05, 3.63) is 16.7 Å². The van der Waals surface area contributed by atoms with Gasteiger partial charge in [-0.05, 0) is 35.6 Å². The molecule has 0 aliphatic carbocycles. The molecule has 1 heterocycles. The van der Waals surface area contributed by atoms with Crippen LogP contribution in [0.2, 0.25) is 0 Å². The molecular weight excluding hydrogens is 256 g/mol. The van der Waals surface area contributed by atoms with Gasteiger partial charge in [0.1, 0.15) is 5.82 Å². The summed E-state index contributed by atoms with van der Waals surface area (Å²) in [6.45, 7) is 5.06. The van der Waals surface area contributed by atoms with Crippen LogP contribution in [-0.4, -0.2) is 36.6 Å². The van der Waals surface area contributed by atoms with E-state index in [9.17, 15) is 0 Å². The monoisotopic (exact) mass is 272 g/mol. The van der Waals surface area contributed by atoms with E-state index in [4.69, 9.17) is 5.73 Å². The van der Waals surface area contributed by atoms with Crippen LogP contribution in [0.25, 0.3) is 0 Å². The minimum Gasteiger partial charge on any atom is -0.397 e. The highest BCUT2D eigenvalue weighted by Gasteiger charge is 2.01. The second kappa shape index (κ2) is 5.92. The molecule has 84 valence electrons. The lowest BCUT2D eigenvalue weighted by Crippen LogP contribution is -2.25. The molecule has 0 aliphatic heterocycles. The van der Waals surface area contributed by atoms with Crippen molar-refractivity contribution in [2.45, 2.75) is 6.92 Å².